The molecule has 1 heterocycles. The Labute approximate surface area is 124 Å². The van der Waals surface area contributed by atoms with E-state index < -0.39 is 31.1 Å². The molecule has 0 bridgehead atoms. The first-order valence-electron chi connectivity index (χ1n) is 5.78. The number of hydrogen-bond donors (Lipinski definition) is 0. The van der Waals surface area contributed by atoms with Gasteiger partial charge in [0.25, 0.3) is 5.91 Å². The summed E-state index contributed by atoms with van der Waals surface area (Å²) in [5, 5.41) is 0.110. The molecule has 0 unspecified atom stereocenters. The van der Waals surface area contributed by atoms with Gasteiger partial charge in [-0.05, 0) is 12.1 Å². The third-order valence-electron chi connectivity index (χ3n) is 2.46. The molecule has 0 saturated heterocycles. The number of nitrogens with zero attached hydrogens (tertiary/aromatic N) is 3. The van der Waals surface area contributed by atoms with Gasteiger partial charge >= 0.3 is 6.18 Å². The number of aromatic nitrogens is 1. The molecule has 0 saturated carbocycles. The van der Waals surface area contributed by atoms with E-state index >= 15 is 0 Å². The van der Waals surface area contributed by atoms with Crippen LogP contribution in [0.1, 0.15) is 10.4 Å². The van der Waals surface area contributed by atoms with Gasteiger partial charge in [-0.15, -0.1) is 0 Å². The lowest BCUT2D eigenvalue weighted by Crippen LogP contribution is -2.44. The predicted octanol–water partition coefficient (Wildman–Crippen LogP) is 1.83. The highest BCUT2D eigenvalue weighted by Gasteiger charge is 2.34. The third-order valence-corrected chi connectivity index (χ3v) is 2.68. The summed E-state index contributed by atoms with van der Waals surface area (Å²) in [6.45, 7) is -2.19. The summed E-state index contributed by atoms with van der Waals surface area (Å²) in [4.78, 5) is 28.8. The predicted molar refractivity (Wildman–Crippen MR) is 69.9 cm³/mol. The van der Waals surface area contributed by atoms with Crippen LogP contribution in [0, 0.1) is 0 Å². The van der Waals surface area contributed by atoms with Crippen LogP contribution in [-0.2, 0) is 4.79 Å². The Balaban J connectivity index is 2.96. The molecule has 0 aliphatic heterocycles. The Morgan fingerprint density at radius 1 is 1.29 bits per heavy atom. The number of likely N-dealkylation sites (N-methyl/N-ethyl adjacent to an activating group) is 1. The second-order valence-corrected chi connectivity index (χ2v) is 4.82. The van der Waals surface area contributed by atoms with E-state index in [2.05, 4.69) is 4.98 Å². The average Bonchev–Trinajstić information content (AvgIpc) is 2.36. The highest BCUT2D eigenvalue weighted by atomic mass is 35.5. The van der Waals surface area contributed by atoms with Crippen LogP contribution in [0.5, 0.6) is 0 Å². The molecular formula is C12H13ClF3N3O2. The standard InChI is InChI=1S/C12H13ClF3N3O2/c1-18(2)10(20)6-19(7-12(14,15)16)11(21)8-3-4-9(13)17-5-8/h3-5H,6-7H2,1-2H3. The van der Waals surface area contributed by atoms with Gasteiger partial charge in [-0.3, -0.25) is 9.59 Å². The van der Waals surface area contributed by atoms with Gasteiger partial charge in [0.15, 0.2) is 0 Å². The summed E-state index contributed by atoms with van der Waals surface area (Å²) in [5.74, 6) is -1.55. The fourth-order valence-corrected chi connectivity index (χ4v) is 1.52. The van der Waals surface area contributed by atoms with Crippen LogP contribution < -0.4 is 0 Å². The van der Waals surface area contributed by atoms with Crippen LogP contribution in [0.4, 0.5) is 13.2 Å². The molecule has 1 aromatic heterocycles. The molecule has 21 heavy (non-hydrogen) atoms. The zero-order chi connectivity index (χ0) is 16.2. The van der Waals surface area contributed by atoms with Crippen molar-refractivity contribution in [1.29, 1.82) is 0 Å². The molecule has 0 radical (unpaired) electrons. The van der Waals surface area contributed by atoms with Crippen LogP contribution in [0.15, 0.2) is 18.3 Å². The first-order valence-corrected chi connectivity index (χ1v) is 6.15. The van der Waals surface area contributed by atoms with Gasteiger partial charge < -0.3 is 9.80 Å². The minimum atomic E-state index is -4.61. The van der Waals surface area contributed by atoms with Crippen LogP contribution in [0.25, 0.3) is 0 Å². The van der Waals surface area contributed by atoms with E-state index in [1.165, 1.54) is 26.2 Å². The average molecular weight is 324 g/mol. The Hall–Kier alpha value is -1.83. The van der Waals surface area contributed by atoms with Gasteiger partial charge in [0.05, 0.1) is 5.56 Å². The van der Waals surface area contributed by atoms with Crippen molar-refractivity contribution < 1.29 is 22.8 Å². The quantitative estimate of drug-likeness (QED) is 0.794. The number of hydrogen-bond acceptors (Lipinski definition) is 3. The van der Waals surface area contributed by atoms with Gasteiger partial charge in [-0.25, -0.2) is 4.98 Å². The van der Waals surface area contributed by atoms with E-state index in [-0.39, 0.29) is 10.7 Å². The van der Waals surface area contributed by atoms with E-state index in [1.807, 2.05) is 0 Å². The number of halogens is 4. The fourth-order valence-electron chi connectivity index (χ4n) is 1.41. The van der Waals surface area contributed by atoms with Crippen molar-refractivity contribution in [1.82, 2.24) is 14.8 Å². The normalized spacial score (nSPS) is 11.1. The monoisotopic (exact) mass is 323 g/mol. The third kappa shape index (κ3) is 5.58. The first kappa shape index (κ1) is 17.2. The van der Waals surface area contributed by atoms with Crippen LogP contribution in [0.3, 0.4) is 0 Å². The lowest BCUT2D eigenvalue weighted by Gasteiger charge is -2.24. The van der Waals surface area contributed by atoms with Crippen molar-refractivity contribution >= 4 is 23.4 Å². The summed E-state index contributed by atoms with van der Waals surface area (Å²) in [7, 11) is 2.78. The second-order valence-electron chi connectivity index (χ2n) is 4.43. The van der Waals surface area contributed by atoms with E-state index in [0.717, 1.165) is 11.1 Å². The highest BCUT2D eigenvalue weighted by Crippen LogP contribution is 2.18. The number of amides is 2. The fraction of sp³-hybridized carbons (Fsp3) is 0.417. The number of alkyl halides is 3. The lowest BCUT2D eigenvalue weighted by molar-refractivity contribution is -0.146. The van der Waals surface area contributed by atoms with Gasteiger partial charge in [0.1, 0.15) is 18.2 Å². The Morgan fingerprint density at radius 2 is 1.90 bits per heavy atom. The van der Waals surface area contributed by atoms with Crippen molar-refractivity contribution in [3.05, 3.63) is 29.0 Å². The number of carbonyl (C=O) groups excluding carboxylic acids is 2. The largest absolute Gasteiger partial charge is 0.406 e. The number of rotatable bonds is 4. The van der Waals surface area contributed by atoms with Crippen molar-refractivity contribution in [2.45, 2.75) is 6.18 Å². The summed E-state index contributed by atoms with van der Waals surface area (Å²) in [5.41, 5.74) is -0.0739. The van der Waals surface area contributed by atoms with Crippen LogP contribution in [0.2, 0.25) is 5.15 Å². The highest BCUT2D eigenvalue weighted by molar-refractivity contribution is 6.29. The van der Waals surface area contributed by atoms with Crippen LogP contribution >= 0.6 is 11.6 Å². The first-order chi connectivity index (χ1) is 9.60. The Kier molecular flexibility index (Phi) is 5.54. The maximum atomic E-state index is 12.5. The van der Waals surface area contributed by atoms with E-state index in [1.54, 1.807) is 0 Å². The minimum absolute atomic E-state index is 0.0739. The molecule has 9 heteroatoms. The second kappa shape index (κ2) is 6.75. The van der Waals surface area contributed by atoms with Crippen molar-refractivity contribution in [3.8, 4) is 0 Å². The number of pyridine rings is 1. The number of carbonyl (C=O) groups is 2. The van der Waals surface area contributed by atoms with Crippen LogP contribution in [-0.4, -0.2) is 60.0 Å². The lowest BCUT2D eigenvalue weighted by atomic mass is 10.2. The Bertz CT molecular complexity index is 517. The van der Waals surface area contributed by atoms with Gasteiger partial charge in [-0.1, -0.05) is 11.6 Å². The van der Waals surface area contributed by atoms with Crippen molar-refractivity contribution in [2.75, 3.05) is 27.2 Å². The molecular weight excluding hydrogens is 311 g/mol. The molecule has 0 spiro atoms. The zero-order valence-corrected chi connectivity index (χ0v) is 12.1. The van der Waals surface area contributed by atoms with Gasteiger partial charge in [0.2, 0.25) is 5.91 Å². The molecule has 2 amide bonds. The van der Waals surface area contributed by atoms with Gasteiger partial charge in [0, 0.05) is 20.3 Å². The van der Waals surface area contributed by atoms with Crippen molar-refractivity contribution in [3.63, 3.8) is 0 Å². The molecule has 0 N–H and O–H groups in total. The van der Waals surface area contributed by atoms with Gasteiger partial charge in [-0.2, -0.15) is 13.2 Å². The SMILES string of the molecule is CN(C)C(=O)CN(CC(F)(F)F)C(=O)c1ccc(Cl)nc1. The van der Waals surface area contributed by atoms with E-state index in [4.69, 9.17) is 11.6 Å². The van der Waals surface area contributed by atoms with E-state index in [9.17, 15) is 22.8 Å². The summed E-state index contributed by atoms with van der Waals surface area (Å²) in [6.07, 6.45) is -3.55. The molecule has 0 aliphatic rings. The molecule has 0 aromatic carbocycles. The molecule has 0 atom stereocenters. The molecule has 1 aromatic rings. The maximum Gasteiger partial charge on any atom is 0.406 e. The Morgan fingerprint density at radius 3 is 2.33 bits per heavy atom. The minimum Gasteiger partial charge on any atom is -0.347 e. The molecule has 5 nitrogen and oxygen atoms in total. The topological polar surface area (TPSA) is 53.5 Å². The summed E-state index contributed by atoms with van der Waals surface area (Å²) < 4.78 is 37.6. The molecule has 0 fully saturated rings. The van der Waals surface area contributed by atoms with Crippen molar-refractivity contribution in [2.24, 2.45) is 0 Å². The zero-order valence-electron chi connectivity index (χ0n) is 11.3. The smallest absolute Gasteiger partial charge is 0.347 e. The maximum absolute atomic E-state index is 12.5. The molecule has 0 aliphatic carbocycles. The summed E-state index contributed by atoms with van der Waals surface area (Å²) in [6, 6.07) is 2.54. The van der Waals surface area contributed by atoms with E-state index in [0.29, 0.717) is 4.90 Å². The molecule has 116 valence electrons. The molecule has 1 rings (SSSR count). The summed E-state index contributed by atoms with van der Waals surface area (Å²) >= 11 is 5.55.